The van der Waals surface area contributed by atoms with Crippen LogP contribution >= 0.6 is 47.3 Å². The van der Waals surface area contributed by atoms with Gasteiger partial charge in [-0.1, -0.05) is 47.4 Å². The van der Waals surface area contributed by atoms with Crippen LogP contribution in [0.25, 0.3) is 0 Å². The molecule has 3 aliphatic rings. The van der Waals surface area contributed by atoms with Gasteiger partial charge in [-0.15, -0.1) is 34.4 Å². The lowest BCUT2D eigenvalue weighted by molar-refractivity contribution is -0.169. The van der Waals surface area contributed by atoms with E-state index in [0.717, 1.165) is 11.4 Å². The summed E-state index contributed by atoms with van der Waals surface area (Å²) in [7, 11) is 0. The van der Waals surface area contributed by atoms with Gasteiger partial charge in [0.05, 0.1) is 12.6 Å². The van der Waals surface area contributed by atoms with Gasteiger partial charge in [0.15, 0.2) is 16.2 Å². The maximum absolute atomic E-state index is 13.5. The van der Waals surface area contributed by atoms with Crippen molar-refractivity contribution >= 4 is 77.0 Å². The van der Waals surface area contributed by atoms with Gasteiger partial charge in [-0.2, -0.15) is 0 Å². The van der Waals surface area contributed by atoms with Gasteiger partial charge in [0.2, 0.25) is 6.29 Å². The first-order valence-corrected chi connectivity index (χ1v) is 17.4. The highest BCUT2D eigenvalue weighted by molar-refractivity contribution is 8.01. The van der Waals surface area contributed by atoms with E-state index in [2.05, 4.69) is 20.8 Å². The predicted molar refractivity (Wildman–Crippen MR) is 175 cm³/mol. The molecule has 14 nitrogen and oxygen atoms in total. The van der Waals surface area contributed by atoms with Crippen LogP contribution in [-0.4, -0.2) is 98.3 Å². The molecule has 3 unspecified atom stereocenters. The van der Waals surface area contributed by atoms with Gasteiger partial charge in [-0.25, -0.2) is 9.59 Å². The van der Waals surface area contributed by atoms with Crippen molar-refractivity contribution in [3.05, 3.63) is 51.7 Å². The molecule has 2 aromatic rings. The Kier molecular flexibility index (Phi) is 12.7. The molecule has 0 bridgehead atoms. The number of aliphatic hydroxyl groups excluding tert-OH is 1. The number of thioether (sulfide) groups is 2. The summed E-state index contributed by atoms with van der Waals surface area (Å²) in [6.45, 7) is 5.55. The molecule has 2 fully saturated rings. The zero-order valence-corrected chi connectivity index (χ0v) is 28.9. The van der Waals surface area contributed by atoms with Crippen LogP contribution in [0, 0.1) is 6.92 Å². The second kappa shape index (κ2) is 16.3. The molecule has 3 N–H and O–H groups in total. The van der Waals surface area contributed by atoms with Crippen LogP contribution in [-0.2, 0) is 28.6 Å². The number of hydrogen-bond donors (Lipinski definition) is 3. The number of carbonyl (C=O) groups excluding carboxylic acids is 5. The molecule has 1 aromatic carbocycles. The summed E-state index contributed by atoms with van der Waals surface area (Å²) in [5, 5.41) is 25.0. The summed E-state index contributed by atoms with van der Waals surface area (Å²) in [6.07, 6.45) is -2.52. The molecule has 3 aliphatic heterocycles. The molecule has 4 heterocycles. The lowest BCUT2D eigenvalue weighted by atomic mass is 9.94. The van der Waals surface area contributed by atoms with Crippen molar-refractivity contribution in [1.29, 1.82) is 0 Å². The van der Waals surface area contributed by atoms with E-state index in [9.17, 15) is 29.1 Å². The van der Waals surface area contributed by atoms with Gasteiger partial charge in [0.25, 0.3) is 11.8 Å². The summed E-state index contributed by atoms with van der Waals surface area (Å²) in [5.41, 5.74) is 0.939. The molecule has 0 aliphatic carbocycles. The molecular weight excluding hydrogens is 694 g/mol. The summed E-state index contributed by atoms with van der Waals surface area (Å²) < 4.78 is 15.7. The SMILES string of the molecule is CCOC(=O)OC(C)OC(=O)C1=C(CSc2nnc(C)s2)CS[C@H]2C(NC(=O)C(O)c3ccccc3C(=O)[C@@H]3CCCN3)C(=O)N12.Cl. The second-order valence-corrected chi connectivity index (χ2v) is 14.0. The molecule has 0 radical (unpaired) electrons. The number of Topliss-reactive ketones (excluding diaryl/α,β-unsaturated/α-hetero) is 1. The van der Waals surface area contributed by atoms with E-state index in [4.69, 9.17) is 14.2 Å². The van der Waals surface area contributed by atoms with Crippen molar-refractivity contribution in [2.75, 3.05) is 24.7 Å². The van der Waals surface area contributed by atoms with E-state index in [1.807, 2.05) is 6.92 Å². The Morgan fingerprint density at radius 2 is 1.98 bits per heavy atom. The lowest BCUT2D eigenvalue weighted by Crippen LogP contribution is -2.71. The van der Waals surface area contributed by atoms with Crippen LogP contribution in [0.2, 0.25) is 0 Å². The Balaban J connectivity index is 0.00000500. The summed E-state index contributed by atoms with van der Waals surface area (Å²) in [5.74, 6) is -1.92. The number of aryl methyl sites for hydroxylation is 1. The highest BCUT2D eigenvalue weighted by atomic mass is 35.5. The number of amides is 2. The Morgan fingerprint density at radius 3 is 2.66 bits per heavy atom. The Morgan fingerprint density at radius 1 is 1.21 bits per heavy atom. The van der Waals surface area contributed by atoms with Gasteiger partial charge >= 0.3 is 12.1 Å². The molecule has 2 amide bonds. The number of benzene rings is 1. The van der Waals surface area contributed by atoms with Crippen LogP contribution in [0.5, 0.6) is 0 Å². The van der Waals surface area contributed by atoms with E-state index in [0.29, 0.717) is 34.4 Å². The number of aromatic nitrogens is 2. The largest absolute Gasteiger partial charge is 0.511 e. The maximum atomic E-state index is 13.5. The highest BCUT2D eigenvalue weighted by Gasteiger charge is 2.55. The first-order chi connectivity index (χ1) is 22.1. The van der Waals surface area contributed by atoms with E-state index in [-0.39, 0.29) is 41.6 Å². The lowest BCUT2D eigenvalue weighted by Gasteiger charge is -2.50. The molecule has 47 heavy (non-hydrogen) atoms. The third-order valence-corrected chi connectivity index (χ3v) is 10.8. The number of halogens is 1. The third-order valence-electron chi connectivity index (χ3n) is 7.36. The predicted octanol–water partition coefficient (Wildman–Crippen LogP) is 2.75. The number of aliphatic hydroxyl groups is 1. The third kappa shape index (κ3) is 8.26. The number of fused-ring (bicyclic) bond motifs is 1. The standard InChI is InChI=1S/C29H33N5O9S3.ClH/c1-4-41-29(40)43-15(3)42-27(39)21-16(13-45-28-33-32-14(2)46-28)12-44-26-20(25(38)34(21)26)31-24(37)23(36)18-9-6-5-8-17(18)22(35)19-10-7-11-30-19;/h5-6,8-9,15,19-20,23,26,30,36H,4,7,10-13H2,1-3H3,(H,31,37);1H/t15?,19-,20?,23?,26-;/m0./s1. The normalized spacial score (nSPS) is 21.5. The average molecular weight is 728 g/mol. The fourth-order valence-corrected chi connectivity index (χ4v) is 8.52. The molecular formula is C29H34ClN5O9S3. The fourth-order valence-electron chi connectivity index (χ4n) is 5.22. The zero-order valence-electron chi connectivity index (χ0n) is 25.6. The second-order valence-electron chi connectivity index (χ2n) is 10.5. The molecule has 5 rings (SSSR count). The van der Waals surface area contributed by atoms with Crippen LogP contribution < -0.4 is 10.6 Å². The summed E-state index contributed by atoms with van der Waals surface area (Å²) in [6, 6.07) is 4.92. The van der Waals surface area contributed by atoms with E-state index in [1.165, 1.54) is 52.8 Å². The molecule has 1 aromatic heterocycles. The van der Waals surface area contributed by atoms with Crippen molar-refractivity contribution in [2.24, 2.45) is 0 Å². The Hall–Kier alpha value is -3.22. The number of rotatable bonds is 12. The highest BCUT2D eigenvalue weighted by Crippen LogP contribution is 2.42. The van der Waals surface area contributed by atoms with Gasteiger partial charge in [0.1, 0.15) is 22.1 Å². The van der Waals surface area contributed by atoms with Crippen LogP contribution in [0.3, 0.4) is 0 Å². The van der Waals surface area contributed by atoms with Crippen molar-refractivity contribution in [2.45, 2.75) is 67.8 Å². The molecule has 0 saturated carbocycles. The maximum Gasteiger partial charge on any atom is 0.511 e. The topological polar surface area (TPSA) is 186 Å². The van der Waals surface area contributed by atoms with Gasteiger partial charge < -0.3 is 30.0 Å². The summed E-state index contributed by atoms with van der Waals surface area (Å²) >= 11 is 4.07. The number of ether oxygens (including phenoxy) is 3. The minimum atomic E-state index is -1.71. The number of hydrogen-bond acceptors (Lipinski definition) is 15. The van der Waals surface area contributed by atoms with E-state index in [1.54, 1.807) is 25.1 Å². The molecule has 2 saturated heterocycles. The van der Waals surface area contributed by atoms with Crippen molar-refractivity contribution in [3.8, 4) is 0 Å². The minimum absolute atomic E-state index is 0. The number of esters is 1. The average Bonchev–Trinajstić information content (AvgIpc) is 3.73. The molecule has 0 spiro atoms. The van der Waals surface area contributed by atoms with Crippen LogP contribution in [0.1, 0.15) is 53.7 Å². The number of ketones is 1. The number of nitrogens with zero attached hydrogens (tertiary/aromatic N) is 3. The van der Waals surface area contributed by atoms with Gasteiger partial charge in [-0.3, -0.25) is 19.3 Å². The quantitative estimate of drug-likeness (QED) is 0.0953. The number of β-lactam (4-membered cyclic amide) rings is 1. The fraction of sp³-hybridized carbons (Fsp3) is 0.483. The van der Waals surface area contributed by atoms with Crippen molar-refractivity contribution in [3.63, 3.8) is 0 Å². The first-order valence-electron chi connectivity index (χ1n) is 14.6. The van der Waals surface area contributed by atoms with Gasteiger partial charge in [0, 0.05) is 29.6 Å². The first kappa shape index (κ1) is 36.6. The van der Waals surface area contributed by atoms with Crippen LogP contribution in [0.15, 0.2) is 39.9 Å². The zero-order chi connectivity index (χ0) is 33.0. The minimum Gasteiger partial charge on any atom is -0.435 e. The Bertz CT molecular complexity index is 1550. The van der Waals surface area contributed by atoms with Crippen molar-refractivity contribution < 1.29 is 43.3 Å². The van der Waals surface area contributed by atoms with E-state index >= 15 is 0 Å². The van der Waals surface area contributed by atoms with Crippen molar-refractivity contribution in [1.82, 2.24) is 25.7 Å². The monoisotopic (exact) mass is 727 g/mol. The molecule has 18 heteroatoms. The molecule has 254 valence electrons. The van der Waals surface area contributed by atoms with E-state index < -0.39 is 53.8 Å². The number of nitrogens with one attached hydrogen (secondary N) is 2. The smallest absolute Gasteiger partial charge is 0.435 e. The summed E-state index contributed by atoms with van der Waals surface area (Å²) in [4.78, 5) is 66.3. The number of carbonyl (C=O) groups is 5. The van der Waals surface area contributed by atoms with Crippen LogP contribution in [0.4, 0.5) is 4.79 Å². The van der Waals surface area contributed by atoms with Gasteiger partial charge in [-0.05, 0) is 38.8 Å². The Labute approximate surface area is 289 Å². The molecule has 5 atom stereocenters.